The summed E-state index contributed by atoms with van der Waals surface area (Å²) in [5, 5.41) is 2.93. The van der Waals surface area contributed by atoms with Gasteiger partial charge in [-0.3, -0.25) is 19.5 Å². The number of piperazine rings is 1. The summed E-state index contributed by atoms with van der Waals surface area (Å²) in [6, 6.07) is 13.1. The number of nitrogens with zero attached hydrogens (tertiary/aromatic N) is 3. The Hall–Kier alpha value is -5.10. The third-order valence-electron chi connectivity index (χ3n) is 7.82. The van der Waals surface area contributed by atoms with Crippen LogP contribution in [0, 0.1) is 18.6 Å². The van der Waals surface area contributed by atoms with E-state index in [-0.39, 0.29) is 46.8 Å². The number of nitrogens with one attached hydrogen (secondary N) is 2. The maximum absolute atomic E-state index is 14.7. The van der Waals surface area contributed by atoms with E-state index in [1.807, 2.05) is 6.92 Å². The van der Waals surface area contributed by atoms with Gasteiger partial charge in [-0.15, -0.1) is 0 Å². The van der Waals surface area contributed by atoms with Crippen LogP contribution in [0.25, 0.3) is 11.4 Å². The van der Waals surface area contributed by atoms with Gasteiger partial charge in [0.2, 0.25) is 0 Å². The minimum Gasteiger partial charge on any atom is -0.454 e. The molecule has 0 radical (unpaired) electrons. The molecular formula is C35H37F2N5O5. The summed E-state index contributed by atoms with van der Waals surface area (Å²) in [5.74, 6) is -1.64. The number of halogens is 2. The number of benzene rings is 2. The molecule has 0 atom stereocenters. The predicted octanol–water partition coefficient (Wildman–Crippen LogP) is 5.78. The minimum absolute atomic E-state index is 0.162. The second-order valence-corrected chi connectivity index (χ2v) is 11.3. The van der Waals surface area contributed by atoms with Crippen LogP contribution in [0.2, 0.25) is 0 Å². The van der Waals surface area contributed by atoms with Gasteiger partial charge in [0.25, 0.3) is 5.91 Å². The number of ether oxygens (including phenoxy) is 2. The second-order valence-electron chi connectivity index (χ2n) is 11.3. The SMILES string of the molecule is CCOC(=O)N1CCN(CCCNC(=O)c2c[nH]c(-c3cc(Oc4cc(C(=O)Cc5cc(C)ccc5F)ccc4F)ccn3)c2)CC1. The summed E-state index contributed by atoms with van der Waals surface area (Å²) in [6.07, 6.45) is 3.39. The fraction of sp³-hybridized carbons (Fsp3) is 0.314. The first-order valence-electron chi connectivity index (χ1n) is 15.5. The minimum atomic E-state index is -0.667. The van der Waals surface area contributed by atoms with Crippen molar-refractivity contribution in [1.82, 2.24) is 25.1 Å². The number of ketones is 1. The lowest BCUT2D eigenvalue weighted by Gasteiger charge is -2.33. The maximum Gasteiger partial charge on any atom is 0.409 e. The normalized spacial score (nSPS) is 13.3. The molecule has 246 valence electrons. The highest BCUT2D eigenvalue weighted by Crippen LogP contribution is 2.29. The number of amides is 2. The van der Waals surface area contributed by atoms with E-state index < -0.39 is 11.6 Å². The van der Waals surface area contributed by atoms with Crippen molar-refractivity contribution in [1.29, 1.82) is 0 Å². The molecule has 1 aliphatic rings. The number of aromatic amines is 1. The molecule has 1 saturated heterocycles. The molecule has 12 heteroatoms. The van der Waals surface area contributed by atoms with Crippen LogP contribution in [-0.4, -0.2) is 83.4 Å². The van der Waals surface area contributed by atoms with Gasteiger partial charge < -0.3 is 24.7 Å². The Bertz CT molecular complexity index is 1740. The number of rotatable bonds is 12. The summed E-state index contributed by atoms with van der Waals surface area (Å²) in [4.78, 5) is 48.9. The average Bonchev–Trinajstić information content (AvgIpc) is 3.57. The summed E-state index contributed by atoms with van der Waals surface area (Å²) < 4.78 is 39.7. The standard InChI is InChI=1S/C35H37F2N5O5/c1-3-46-35(45)42-15-13-41(14-16-42)12-4-10-39-34(44)26-18-30(40-22-26)31-21-27(9-11-38-31)47-33-20-24(6-8-29(33)37)32(43)19-25-17-23(2)5-7-28(25)36/h5-9,11,17-18,20-22,40H,3-4,10,12-16,19H2,1-2H3,(H,39,44). The molecule has 0 spiro atoms. The molecule has 5 rings (SSSR count). The van der Waals surface area contributed by atoms with Crippen molar-refractivity contribution < 1.29 is 32.6 Å². The van der Waals surface area contributed by atoms with Crippen LogP contribution < -0.4 is 10.1 Å². The third kappa shape index (κ3) is 8.79. The van der Waals surface area contributed by atoms with Gasteiger partial charge in [0.15, 0.2) is 17.3 Å². The summed E-state index contributed by atoms with van der Waals surface area (Å²) in [6.45, 7) is 8.02. The predicted molar refractivity (Wildman–Crippen MR) is 172 cm³/mol. The van der Waals surface area contributed by atoms with Gasteiger partial charge in [-0.1, -0.05) is 17.7 Å². The molecule has 0 aliphatic carbocycles. The molecule has 2 N–H and O–H groups in total. The first-order chi connectivity index (χ1) is 22.7. The molecule has 47 heavy (non-hydrogen) atoms. The van der Waals surface area contributed by atoms with Crippen molar-refractivity contribution in [3.05, 3.63) is 101 Å². The number of carbonyl (C=O) groups is 3. The number of Topliss-reactive ketones (excluding diaryl/α,β-unsaturated/α-hetero) is 1. The largest absolute Gasteiger partial charge is 0.454 e. The quantitative estimate of drug-likeness (QED) is 0.148. The van der Waals surface area contributed by atoms with Crippen molar-refractivity contribution in [3.63, 3.8) is 0 Å². The lowest BCUT2D eigenvalue weighted by Crippen LogP contribution is -2.49. The molecule has 10 nitrogen and oxygen atoms in total. The Kier molecular flexibility index (Phi) is 10.9. The fourth-order valence-corrected chi connectivity index (χ4v) is 5.27. The van der Waals surface area contributed by atoms with Gasteiger partial charge in [0, 0.05) is 63.2 Å². The summed E-state index contributed by atoms with van der Waals surface area (Å²) in [7, 11) is 0. The molecule has 0 bridgehead atoms. The highest BCUT2D eigenvalue weighted by molar-refractivity contribution is 5.98. The lowest BCUT2D eigenvalue weighted by atomic mass is 10.0. The maximum atomic E-state index is 14.7. The van der Waals surface area contributed by atoms with Crippen LogP contribution in [-0.2, 0) is 11.2 Å². The smallest absolute Gasteiger partial charge is 0.409 e. The highest BCUT2D eigenvalue weighted by atomic mass is 19.1. The van der Waals surface area contributed by atoms with Crippen LogP contribution in [0.3, 0.4) is 0 Å². The Morgan fingerprint density at radius 2 is 1.74 bits per heavy atom. The van der Waals surface area contributed by atoms with Gasteiger partial charge in [0.1, 0.15) is 11.6 Å². The number of hydrogen-bond donors (Lipinski definition) is 2. The number of carbonyl (C=O) groups excluding carboxylic acids is 3. The van der Waals surface area contributed by atoms with Gasteiger partial charge in [-0.05, 0) is 68.8 Å². The van der Waals surface area contributed by atoms with Crippen LogP contribution in [0.4, 0.5) is 13.6 Å². The van der Waals surface area contributed by atoms with E-state index >= 15 is 0 Å². The molecule has 1 fully saturated rings. The number of aryl methyl sites for hydroxylation is 1. The van der Waals surface area contributed by atoms with E-state index in [4.69, 9.17) is 9.47 Å². The van der Waals surface area contributed by atoms with E-state index in [9.17, 15) is 23.2 Å². The second kappa shape index (κ2) is 15.5. The van der Waals surface area contributed by atoms with E-state index in [2.05, 4.69) is 20.2 Å². The van der Waals surface area contributed by atoms with Crippen LogP contribution in [0.1, 0.15) is 45.2 Å². The monoisotopic (exact) mass is 645 g/mol. The molecule has 2 aromatic carbocycles. The lowest BCUT2D eigenvalue weighted by molar-refractivity contribution is 0.0788. The van der Waals surface area contributed by atoms with Crippen molar-refractivity contribution in [2.24, 2.45) is 0 Å². The molecule has 1 aliphatic heterocycles. The average molecular weight is 646 g/mol. The highest BCUT2D eigenvalue weighted by Gasteiger charge is 2.21. The third-order valence-corrected chi connectivity index (χ3v) is 7.82. The molecule has 0 saturated carbocycles. The van der Waals surface area contributed by atoms with E-state index in [0.29, 0.717) is 43.2 Å². The fourth-order valence-electron chi connectivity index (χ4n) is 5.27. The summed E-state index contributed by atoms with van der Waals surface area (Å²) in [5.41, 5.74) is 2.74. The first-order valence-corrected chi connectivity index (χ1v) is 15.5. The van der Waals surface area contributed by atoms with Crippen molar-refractivity contribution in [2.45, 2.75) is 26.7 Å². The first kappa shape index (κ1) is 33.3. The van der Waals surface area contributed by atoms with Gasteiger partial charge >= 0.3 is 6.09 Å². The molecule has 4 aromatic rings. The van der Waals surface area contributed by atoms with Crippen LogP contribution in [0.5, 0.6) is 11.5 Å². The number of H-pyrrole nitrogens is 1. The Balaban J connectivity index is 1.14. The Morgan fingerprint density at radius 1 is 0.957 bits per heavy atom. The van der Waals surface area contributed by atoms with Crippen molar-refractivity contribution >= 4 is 17.8 Å². The molecule has 2 aromatic heterocycles. The summed E-state index contributed by atoms with van der Waals surface area (Å²) >= 11 is 0. The zero-order valence-corrected chi connectivity index (χ0v) is 26.4. The van der Waals surface area contributed by atoms with Crippen LogP contribution >= 0.6 is 0 Å². The number of pyridine rings is 1. The van der Waals surface area contributed by atoms with E-state index in [1.54, 1.807) is 48.4 Å². The van der Waals surface area contributed by atoms with Gasteiger partial charge in [-0.2, -0.15) is 0 Å². The van der Waals surface area contributed by atoms with Gasteiger partial charge in [-0.25, -0.2) is 13.6 Å². The van der Waals surface area contributed by atoms with Crippen molar-refractivity contribution in [2.75, 3.05) is 45.9 Å². The van der Waals surface area contributed by atoms with E-state index in [0.717, 1.165) is 37.7 Å². The zero-order chi connectivity index (χ0) is 33.3. The van der Waals surface area contributed by atoms with Crippen molar-refractivity contribution in [3.8, 4) is 22.9 Å². The topological polar surface area (TPSA) is 117 Å². The number of hydrogen-bond acceptors (Lipinski definition) is 7. The van der Waals surface area contributed by atoms with Gasteiger partial charge in [0.05, 0.1) is 23.6 Å². The van der Waals surface area contributed by atoms with Crippen LogP contribution in [0.15, 0.2) is 67.0 Å². The molecule has 2 amide bonds. The Labute approximate surface area is 271 Å². The zero-order valence-electron chi connectivity index (χ0n) is 26.4. The Morgan fingerprint density at radius 3 is 2.53 bits per heavy atom. The molecule has 0 unspecified atom stereocenters. The molecular weight excluding hydrogens is 608 g/mol. The molecule has 3 heterocycles. The number of aromatic nitrogens is 2. The van der Waals surface area contributed by atoms with E-state index in [1.165, 1.54) is 24.4 Å².